The van der Waals surface area contributed by atoms with Gasteiger partial charge in [-0.15, -0.1) is 0 Å². The minimum atomic E-state index is 0.312. The fraction of sp³-hybridized carbons (Fsp3) is 0.250. The molecule has 2 heterocycles. The highest BCUT2D eigenvalue weighted by Crippen LogP contribution is 2.41. The molecular formula is C32H30BrCl2N5O4. The number of aryl methyl sites for hydroxylation is 2. The number of nitriles is 2. The molecule has 9 nitrogen and oxygen atoms in total. The molecule has 12 heteroatoms. The third kappa shape index (κ3) is 8.03. The molecular weight excluding hydrogens is 669 g/mol. The van der Waals surface area contributed by atoms with Gasteiger partial charge in [0.25, 0.3) is 0 Å². The number of methoxy groups -OCH3 is 2. The second-order valence-electron chi connectivity index (χ2n) is 9.24. The average Bonchev–Trinajstić information content (AvgIpc) is 3.00. The van der Waals surface area contributed by atoms with Gasteiger partial charge in [0.1, 0.15) is 21.7 Å². The van der Waals surface area contributed by atoms with Crippen molar-refractivity contribution in [1.82, 2.24) is 9.97 Å². The molecule has 0 aliphatic heterocycles. The SMILES string of the molecule is CCc1c(C)nc(OC)c(Br)c1Oc1cc(Cl)cc(C#N)c1.CCc1c(C)nc(OC)c(N)c1Oc1cc(Cl)cc(C#N)c1. The van der Waals surface area contributed by atoms with Crippen LogP contribution in [0.1, 0.15) is 47.5 Å². The molecule has 0 unspecified atom stereocenters. The molecule has 2 aromatic carbocycles. The summed E-state index contributed by atoms with van der Waals surface area (Å²) in [5, 5.41) is 18.9. The van der Waals surface area contributed by atoms with Gasteiger partial charge in [-0.3, -0.25) is 0 Å². The Morgan fingerprint density at radius 3 is 1.61 bits per heavy atom. The van der Waals surface area contributed by atoms with Gasteiger partial charge in [0, 0.05) is 32.6 Å². The Balaban J connectivity index is 0.000000240. The Morgan fingerprint density at radius 2 is 1.18 bits per heavy atom. The lowest BCUT2D eigenvalue weighted by Crippen LogP contribution is -2.05. The molecule has 0 saturated carbocycles. The fourth-order valence-corrected chi connectivity index (χ4v) is 5.34. The van der Waals surface area contributed by atoms with Crippen molar-refractivity contribution in [3.05, 3.63) is 84.6 Å². The molecule has 0 spiro atoms. The Labute approximate surface area is 275 Å². The number of pyridine rings is 2. The van der Waals surface area contributed by atoms with Gasteiger partial charge in [-0.2, -0.15) is 10.5 Å². The maximum Gasteiger partial charge on any atom is 0.241 e. The van der Waals surface area contributed by atoms with Crippen molar-refractivity contribution in [1.29, 1.82) is 10.5 Å². The number of nitrogens with two attached hydrogens (primary N) is 1. The minimum Gasteiger partial charge on any atom is -0.480 e. The number of hydrogen-bond acceptors (Lipinski definition) is 9. The van der Waals surface area contributed by atoms with E-state index in [2.05, 4.69) is 32.0 Å². The molecule has 0 bridgehead atoms. The van der Waals surface area contributed by atoms with Crippen LogP contribution >= 0.6 is 39.1 Å². The first-order valence-corrected chi connectivity index (χ1v) is 14.9. The van der Waals surface area contributed by atoms with Gasteiger partial charge in [0.2, 0.25) is 11.8 Å². The first kappa shape index (κ1) is 34.3. The van der Waals surface area contributed by atoms with Crippen molar-refractivity contribution in [2.45, 2.75) is 40.5 Å². The largest absolute Gasteiger partial charge is 0.480 e. The molecule has 0 atom stereocenters. The highest BCUT2D eigenvalue weighted by Gasteiger charge is 2.19. The summed E-state index contributed by atoms with van der Waals surface area (Å²) in [5.74, 6) is 2.81. The Hall–Kier alpha value is -4.22. The number of anilines is 1. The molecule has 2 N–H and O–H groups in total. The lowest BCUT2D eigenvalue weighted by Gasteiger charge is -2.17. The molecule has 0 aliphatic carbocycles. The number of ether oxygens (including phenoxy) is 4. The van der Waals surface area contributed by atoms with Crippen LogP contribution in [0, 0.1) is 36.5 Å². The van der Waals surface area contributed by atoms with Crippen LogP contribution < -0.4 is 24.7 Å². The first-order valence-electron chi connectivity index (χ1n) is 13.3. The molecule has 2 aromatic heterocycles. The van der Waals surface area contributed by atoms with Crippen LogP contribution in [0.5, 0.6) is 34.8 Å². The van der Waals surface area contributed by atoms with E-state index in [0.717, 1.165) is 28.9 Å². The van der Waals surface area contributed by atoms with Crippen molar-refractivity contribution >= 4 is 44.8 Å². The van der Waals surface area contributed by atoms with Crippen molar-refractivity contribution < 1.29 is 18.9 Å². The van der Waals surface area contributed by atoms with Crippen LogP contribution in [0.15, 0.2) is 40.9 Å². The van der Waals surface area contributed by atoms with E-state index in [-0.39, 0.29) is 0 Å². The van der Waals surface area contributed by atoms with Crippen LogP contribution in [-0.2, 0) is 12.8 Å². The van der Waals surface area contributed by atoms with Gasteiger partial charge in [0.05, 0.1) is 37.5 Å². The predicted octanol–water partition coefficient (Wildman–Crippen LogP) is 8.90. The lowest BCUT2D eigenvalue weighted by molar-refractivity contribution is 0.386. The molecule has 0 saturated heterocycles. The molecule has 228 valence electrons. The maximum atomic E-state index is 9.03. The van der Waals surface area contributed by atoms with E-state index >= 15 is 0 Å². The normalized spacial score (nSPS) is 10.2. The van der Waals surface area contributed by atoms with E-state index in [4.69, 9.17) is 58.4 Å². The minimum absolute atomic E-state index is 0.312. The van der Waals surface area contributed by atoms with E-state index in [0.29, 0.717) is 72.5 Å². The van der Waals surface area contributed by atoms with Crippen molar-refractivity contribution in [2.75, 3.05) is 20.0 Å². The number of rotatable bonds is 8. The summed E-state index contributed by atoms with van der Waals surface area (Å²) < 4.78 is 22.9. The topological polar surface area (TPSA) is 136 Å². The second-order valence-corrected chi connectivity index (χ2v) is 10.9. The van der Waals surface area contributed by atoms with E-state index in [9.17, 15) is 0 Å². The second kappa shape index (κ2) is 15.5. The van der Waals surface area contributed by atoms with Gasteiger partial charge in [-0.05, 0) is 79.0 Å². The number of benzene rings is 2. The summed E-state index contributed by atoms with van der Waals surface area (Å²) in [4.78, 5) is 8.70. The quantitative estimate of drug-likeness (QED) is 0.191. The zero-order valence-electron chi connectivity index (χ0n) is 25.0. The van der Waals surface area contributed by atoms with Gasteiger partial charge in [-0.1, -0.05) is 37.0 Å². The van der Waals surface area contributed by atoms with E-state index in [1.807, 2.05) is 33.8 Å². The van der Waals surface area contributed by atoms with Gasteiger partial charge < -0.3 is 24.7 Å². The predicted molar refractivity (Wildman–Crippen MR) is 174 cm³/mol. The highest BCUT2D eigenvalue weighted by molar-refractivity contribution is 9.10. The molecule has 0 aliphatic rings. The van der Waals surface area contributed by atoms with E-state index in [1.165, 1.54) is 7.11 Å². The Bertz CT molecular complexity index is 1640. The summed E-state index contributed by atoms with van der Waals surface area (Å²) in [5.41, 5.74) is 10.7. The highest BCUT2D eigenvalue weighted by atomic mass is 79.9. The van der Waals surface area contributed by atoms with Gasteiger partial charge in [-0.25, -0.2) is 9.97 Å². The molecule has 44 heavy (non-hydrogen) atoms. The smallest absolute Gasteiger partial charge is 0.241 e. The molecule has 0 fully saturated rings. The van der Waals surface area contributed by atoms with Crippen LogP contribution in [0.25, 0.3) is 0 Å². The van der Waals surface area contributed by atoms with E-state index in [1.54, 1.807) is 43.5 Å². The molecule has 0 radical (unpaired) electrons. The Morgan fingerprint density at radius 1 is 0.750 bits per heavy atom. The summed E-state index contributed by atoms with van der Waals surface area (Å²) in [6.07, 6.45) is 1.45. The van der Waals surface area contributed by atoms with Gasteiger partial charge >= 0.3 is 0 Å². The van der Waals surface area contributed by atoms with Crippen LogP contribution in [0.4, 0.5) is 5.69 Å². The number of hydrogen-bond donors (Lipinski definition) is 1. The summed E-state index contributed by atoms with van der Waals surface area (Å²) in [6.45, 7) is 7.78. The molecule has 4 aromatic rings. The van der Waals surface area contributed by atoms with Crippen LogP contribution in [-0.4, -0.2) is 24.2 Å². The van der Waals surface area contributed by atoms with E-state index < -0.39 is 0 Å². The number of nitrogen functional groups attached to an aromatic ring is 1. The first-order chi connectivity index (χ1) is 21.0. The molecule has 4 rings (SSSR count). The lowest BCUT2D eigenvalue weighted by atomic mass is 10.1. The maximum absolute atomic E-state index is 9.03. The number of nitrogens with zero attached hydrogens (tertiary/aromatic N) is 4. The monoisotopic (exact) mass is 697 g/mol. The zero-order chi connectivity index (χ0) is 32.6. The van der Waals surface area contributed by atoms with Crippen molar-refractivity contribution in [3.63, 3.8) is 0 Å². The summed E-state index contributed by atoms with van der Waals surface area (Å²) >= 11 is 15.5. The fourth-order valence-electron chi connectivity index (χ4n) is 4.32. The Kier molecular flexibility index (Phi) is 12.1. The molecule has 0 amide bonds. The van der Waals surface area contributed by atoms with Gasteiger partial charge in [0.15, 0.2) is 11.5 Å². The third-order valence-corrected chi connectivity index (χ3v) is 7.49. The van der Waals surface area contributed by atoms with Crippen LogP contribution in [0.3, 0.4) is 0 Å². The zero-order valence-corrected chi connectivity index (χ0v) is 28.1. The third-order valence-electron chi connectivity index (χ3n) is 6.36. The van der Waals surface area contributed by atoms with Crippen molar-refractivity contribution in [3.8, 4) is 46.9 Å². The standard InChI is InChI=1S/C16H14BrClN2O2.C16H16ClN3O2/c1-4-13-9(2)20-16(21-3)14(17)15(13)22-12-6-10(8-19)5-11(18)7-12;1-4-13-9(2)20-16(21-3)14(19)15(13)22-12-6-10(8-18)5-11(17)7-12/h5-7H,4H2,1-3H3;5-7H,4,19H2,1-3H3. The average molecular weight is 699 g/mol. The van der Waals surface area contributed by atoms with Crippen LogP contribution in [0.2, 0.25) is 10.0 Å². The van der Waals surface area contributed by atoms with Crippen molar-refractivity contribution in [2.24, 2.45) is 0 Å². The summed E-state index contributed by atoms with van der Waals surface area (Å²) in [7, 11) is 3.05. The number of aromatic nitrogens is 2. The summed E-state index contributed by atoms with van der Waals surface area (Å²) in [6, 6.07) is 13.8. The number of halogens is 3.